The van der Waals surface area contributed by atoms with E-state index < -0.39 is 0 Å². The van der Waals surface area contributed by atoms with Gasteiger partial charge in [0.05, 0.1) is 6.10 Å². The van der Waals surface area contributed by atoms with E-state index in [1.165, 1.54) is 0 Å². The summed E-state index contributed by atoms with van der Waals surface area (Å²) in [5.74, 6) is -0.0721. The van der Waals surface area contributed by atoms with Crippen LogP contribution in [0, 0.1) is 0 Å². The number of aliphatic hydroxyl groups is 1. The van der Waals surface area contributed by atoms with E-state index in [0.29, 0.717) is 13.0 Å². The molecule has 0 heterocycles. The number of ether oxygens (including phenoxy) is 2. The number of rotatable bonds is 9. The molecule has 1 fully saturated rings. The quantitative estimate of drug-likeness (QED) is 0.698. The Labute approximate surface area is 167 Å². The van der Waals surface area contributed by atoms with Crippen LogP contribution in [0.2, 0.25) is 0 Å². The van der Waals surface area contributed by atoms with E-state index in [1.807, 2.05) is 30.3 Å². The number of amides is 2. The Morgan fingerprint density at radius 1 is 1.11 bits per heavy atom. The van der Waals surface area contributed by atoms with E-state index in [2.05, 4.69) is 0 Å². The largest absolute Gasteiger partial charge is 0.445 e. The van der Waals surface area contributed by atoms with E-state index in [1.54, 1.807) is 23.9 Å². The topological polar surface area (TPSA) is 79.3 Å². The summed E-state index contributed by atoms with van der Waals surface area (Å²) in [6, 6.07) is 9.76. The van der Waals surface area contributed by atoms with E-state index in [9.17, 15) is 9.59 Å². The van der Waals surface area contributed by atoms with Crippen molar-refractivity contribution in [2.75, 3.05) is 33.9 Å². The molecule has 1 aliphatic rings. The van der Waals surface area contributed by atoms with Gasteiger partial charge >= 0.3 is 6.09 Å². The summed E-state index contributed by atoms with van der Waals surface area (Å²) in [5, 5.41) is 8.82. The van der Waals surface area contributed by atoms with Crippen LogP contribution in [0.1, 0.15) is 37.7 Å². The van der Waals surface area contributed by atoms with Crippen LogP contribution in [-0.2, 0) is 20.9 Å². The fourth-order valence-corrected chi connectivity index (χ4v) is 3.30. The van der Waals surface area contributed by atoms with Crippen molar-refractivity contribution >= 4 is 12.0 Å². The van der Waals surface area contributed by atoms with Gasteiger partial charge in [-0.1, -0.05) is 30.3 Å². The summed E-state index contributed by atoms with van der Waals surface area (Å²) in [4.78, 5) is 27.5. The molecule has 0 bridgehead atoms. The van der Waals surface area contributed by atoms with Crippen LogP contribution < -0.4 is 0 Å². The Bertz CT molecular complexity index is 602. The van der Waals surface area contributed by atoms with Crippen molar-refractivity contribution in [3.05, 3.63) is 35.9 Å². The standard InChI is InChI=1S/C21H32N2O5/c1-22(13-6-14-24)20(25)16-27-19-11-9-18(10-12-19)23(2)21(26)28-15-17-7-4-3-5-8-17/h3-5,7-8,18-19,24H,6,9-16H2,1-2H3. The van der Waals surface area contributed by atoms with Gasteiger partial charge in [0.15, 0.2) is 0 Å². The number of carbonyl (C=O) groups excluding carboxylic acids is 2. The highest BCUT2D eigenvalue weighted by atomic mass is 16.6. The number of carbonyl (C=O) groups is 2. The SMILES string of the molecule is CN(CCCO)C(=O)COC1CCC(N(C)C(=O)OCc2ccccc2)CC1. The molecule has 156 valence electrons. The zero-order valence-electron chi connectivity index (χ0n) is 16.9. The van der Waals surface area contributed by atoms with Crippen molar-refractivity contribution in [3.8, 4) is 0 Å². The molecule has 0 saturated heterocycles. The first-order valence-electron chi connectivity index (χ1n) is 9.91. The van der Waals surface area contributed by atoms with Gasteiger partial charge in [-0.2, -0.15) is 0 Å². The molecule has 0 atom stereocenters. The highest BCUT2D eigenvalue weighted by molar-refractivity contribution is 5.77. The number of nitrogens with zero attached hydrogens (tertiary/aromatic N) is 2. The molecule has 0 radical (unpaired) electrons. The number of benzene rings is 1. The molecule has 1 aromatic rings. The molecule has 1 aromatic carbocycles. The van der Waals surface area contributed by atoms with Gasteiger partial charge in [-0.05, 0) is 37.7 Å². The van der Waals surface area contributed by atoms with Gasteiger partial charge < -0.3 is 24.4 Å². The maximum atomic E-state index is 12.3. The molecule has 1 saturated carbocycles. The fraction of sp³-hybridized carbons (Fsp3) is 0.619. The van der Waals surface area contributed by atoms with E-state index in [-0.39, 0.29) is 44.0 Å². The van der Waals surface area contributed by atoms with Gasteiger partial charge in [0, 0.05) is 33.3 Å². The van der Waals surface area contributed by atoms with Crippen molar-refractivity contribution in [1.29, 1.82) is 0 Å². The van der Waals surface area contributed by atoms with E-state index >= 15 is 0 Å². The van der Waals surface area contributed by atoms with Crippen molar-refractivity contribution < 1.29 is 24.2 Å². The Morgan fingerprint density at radius 2 is 1.79 bits per heavy atom. The first-order valence-corrected chi connectivity index (χ1v) is 9.91. The van der Waals surface area contributed by atoms with Crippen LogP contribution in [0.15, 0.2) is 30.3 Å². The van der Waals surface area contributed by atoms with E-state index in [0.717, 1.165) is 31.2 Å². The van der Waals surface area contributed by atoms with E-state index in [4.69, 9.17) is 14.6 Å². The second kappa shape index (κ2) is 11.7. The third-order valence-electron chi connectivity index (χ3n) is 5.20. The molecule has 0 spiro atoms. The minimum absolute atomic E-state index is 0.0418. The van der Waals surface area contributed by atoms with Gasteiger partial charge in [0.1, 0.15) is 13.2 Å². The van der Waals surface area contributed by atoms with Crippen LogP contribution >= 0.6 is 0 Å². The Kier molecular flexibility index (Phi) is 9.23. The molecular weight excluding hydrogens is 360 g/mol. The molecule has 1 N–H and O–H groups in total. The third-order valence-corrected chi connectivity index (χ3v) is 5.20. The lowest BCUT2D eigenvalue weighted by atomic mass is 9.92. The molecular formula is C21H32N2O5. The van der Waals surface area contributed by atoms with Crippen molar-refractivity contribution in [3.63, 3.8) is 0 Å². The van der Waals surface area contributed by atoms with Crippen LogP contribution in [0.3, 0.4) is 0 Å². The highest BCUT2D eigenvalue weighted by Crippen LogP contribution is 2.25. The van der Waals surface area contributed by atoms with Crippen molar-refractivity contribution in [2.45, 2.75) is 50.9 Å². The molecule has 0 unspecified atom stereocenters. The first kappa shape index (κ1) is 22.2. The Balaban J connectivity index is 1.66. The summed E-state index contributed by atoms with van der Waals surface area (Å²) in [7, 11) is 3.49. The lowest BCUT2D eigenvalue weighted by Gasteiger charge is -2.34. The minimum Gasteiger partial charge on any atom is -0.445 e. The van der Waals surface area contributed by atoms with Crippen LogP contribution in [0.4, 0.5) is 4.79 Å². The minimum atomic E-state index is -0.311. The molecule has 2 rings (SSSR count). The maximum Gasteiger partial charge on any atom is 0.410 e. The van der Waals surface area contributed by atoms with Crippen molar-refractivity contribution in [2.24, 2.45) is 0 Å². The summed E-state index contributed by atoms with van der Waals surface area (Å²) in [6.07, 6.45) is 3.59. The predicted octanol–water partition coefficient (Wildman–Crippen LogP) is 2.42. The second-order valence-electron chi connectivity index (χ2n) is 7.29. The number of likely N-dealkylation sites (N-methyl/N-ethyl adjacent to an activating group) is 1. The Morgan fingerprint density at radius 3 is 2.43 bits per heavy atom. The molecule has 1 aliphatic carbocycles. The van der Waals surface area contributed by atoms with Gasteiger partial charge in [-0.25, -0.2) is 4.79 Å². The average Bonchev–Trinajstić information content (AvgIpc) is 2.74. The number of aliphatic hydroxyl groups excluding tert-OH is 1. The van der Waals surface area contributed by atoms with Gasteiger partial charge in [-0.3, -0.25) is 4.79 Å². The van der Waals surface area contributed by atoms with Crippen molar-refractivity contribution in [1.82, 2.24) is 9.80 Å². The molecule has 7 heteroatoms. The van der Waals surface area contributed by atoms with Gasteiger partial charge in [0.25, 0.3) is 0 Å². The summed E-state index contributed by atoms with van der Waals surface area (Å²) in [5.41, 5.74) is 0.968. The summed E-state index contributed by atoms with van der Waals surface area (Å²) >= 11 is 0. The van der Waals surface area contributed by atoms with Crippen LogP contribution in [0.5, 0.6) is 0 Å². The average molecular weight is 392 g/mol. The highest BCUT2D eigenvalue weighted by Gasteiger charge is 2.28. The maximum absolute atomic E-state index is 12.3. The molecule has 0 aromatic heterocycles. The lowest BCUT2D eigenvalue weighted by molar-refractivity contribution is -0.137. The summed E-state index contributed by atoms with van der Waals surface area (Å²) < 4.78 is 11.1. The normalized spacial score (nSPS) is 19.1. The number of hydrogen-bond donors (Lipinski definition) is 1. The van der Waals surface area contributed by atoms with Crippen LogP contribution in [0.25, 0.3) is 0 Å². The second-order valence-corrected chi connectivity index (χ2v) is 7.29. The van der Waals surface area contributed by atoms with Crippen LogP contribution in [-0.4, -0.2) is 72.9 Å². The smallest absolute Gasteiger partial charge is 0.410 e. The fourth-order valence-electron chi connectivity index (χ4n) is 3.30. The zero-order chi connectivity index (χ0) is 20.4. The molecule has 0 aliphatic heterocycles. The predicted molar refractivity (Wildman–Crippen MR) is 106 cm³/mol. The van der Waals surface area contributed by atoms with Gasteiger partial charge in [-0.15, -0.1) is 0 Å². The molecule has 7 nitrogen and oxygen atoms in total. The van der Waals surface area contributed by atoms with Gasteiger partial charge in [0.2, 0.25) is 5.91 Å². The first-order chi connectivity index (χ1) is 13.5. The monoisotopic (exact) mass is 392 g/mol. The lowest BCUT2D eigenvalue weighted by Crippen LogP contribution is -2.41. The zero-order valence-corrected chi connectivity index (χ0v) is 16.9. The molecule has 2 amide bonds. The summed E-state index contributed by atoms with van der Waals surface area (Å²) in [6.45, 7) is 0.936. The Hall–Kier alpha value is -2.12. The molecule has 28 heavy (non-hydrogen) atoms. The number of hydrogen-bond acceptors (Lipinski definition) is 5. The third kappa shape index (κ3) is 7.13.